The number of urea groups is 1. The molecule has 0 radical (unpaired) electrons. The van der Waals surface area contributed by atoms with Gasteiger partial charge in [0, 0.05) is 24.7 Å². The maximum atomic E-state index is 11.6. The molecule has 5 heteroatoms. The van der Waals surface area contributed by atoms with Gasteiger partial charge in [0.05, 0.1) is 0 Å². The molecule has 15 heavy (non-hydrogen) atoms. The summed E-state index contributed by atoms with van der Waals surface area (Å²) in [4.78, 5) is 13.8. The van der Waals surface area contributed by atoms with E-state index in [1.54, 1.807) is 0 Å². The highest BCUT2D eigenvalue weighted by Crippen LogP contribution is 2.06. The van der Waals surface area contributed by atoms with Gasteiger partial charge in [0.1, 0.15) is 0 Å². The SMILES string of the molecule is CN1CCC(NC(=O)NC(C)(C)CN)C1. The molecular formula is C10H22N4O. The second-order valence-corrected chi connectivity index (χ2v) is 4.93. The first-order valence-electron chi connectivity index (χ1n) is 5.40. The molecule has 4 N–H and O–H groups in total. The summed E-state index contributed by atoms with van der Waals surface area (Å²) in [6.07, 6.45) is 1.02. The van der Waals surface area contributed by atoms with E-state index in [0.29, 0.717) is 6.54 Å². The van der Waals surface area contributed by atoms with Gasteiger partial charge in [0.25, 0.3) is 0 Å². The molecule has 1 saturated heterocycles. The number of likely N-dealkylation sites (tertiary alicyclic amines) is 1. The van der Waals surface area contributed by atoms with E-state index in [-0.39, 0.29) is 17.6 Å². The molecule has 1 heterocycles. The third-order valence-electron chi connectivity index (χ3n) is 2.69. The van der Waals surface area contributed by atoms with Gasteiger partial charge in [-0.1, -0.05) is 0 Å². The maximum Gasteiger partial charge on any atom is 0.315 e. The van der Waals surface area contributed by atoms with Gasteiger partial charge in [-0.25, -0.2) is 4.79 Å². The van der Waals surface area contributed by atoms with E-state index in [2.05, 4.69) is 22.6 Å². The molecule has 0 aliphatic carbocycles. The van der Waals surface area contributed by atoms with E-state index in [4.69, 9.17) is 5.73 Å². The van der Waals surface area contributed by atoms with E-state index in [1.165, 1.54) is 0 Å². The summed E-state index contributed by atoms with van der Waals surface area (Å²) >= 11 is 0. The second-order valence-electron chi connectivity index (χ2n) is 4.93. The van der Waals surface area contributed by atoms with Gasteiger partial charge in [-0.3, -0.25) is 0 Å². The third-order valence-corrected chi connectivity index (χ3v) is 2.69. The average Bonchev–Trinajstić information content (AvgIpc) is 2.50. The Morgan fingerprint density at radius 2 is 2.27 bits per heavy atom. The number of nitrogens with one attached hydrogen (secondary N) is 2. The Balaban J connectivity index is 2.30. The largest absolute Gasteiger partial charge is 0.334 e. The topological polar surface area (TPSA) is 70.4 Å². The molecule has 1 fully saturated rings. The van der Waals surface area contributed by atoms with E-state index in [9.17, 15) is 4.79 Å². The summed E-state index contributed by atoms with van der Waals surface area (Å²) in [5.41, 5.74) is 5.20. The Hall–Kier alpha value is -0.810. The Bertz CT molecular complexity index is 229. The van der Waals surface area contributed by atoms with Gasteiger partial charge in [-0.05, 0) is 33.9 Å². The van der Waals surface area contributed by atoms with E-state index >= 15 is 0 Å². The lowest BCUT2D eigenvalue weighted by molar-refractivity contribution is 0.226. The van der Waals surface area contributed by atoms with E-state index in [0.717, 1.165) is 19.5 Å². The molecule has 1 aliphatic rings. The summed E-state index contributed by atoms with van der Waals surface area (Å²) in [6, 6.07) is 0.148. The van der Waals surface area contributed by atoms with Gasteiger partial charge in [-0.2, -0.15) is 0 Å². The van der Waals surface area contributed by atoms with Crippen molar-refractivity contribution in [3.05, 3.63) is 0 Å². The highest BCUT2D eigenvalue weighted by atomic mass is 16.2. The fourth-order valence-corrected chi connectivity index (χ4v) is 1.63. The summed E-state index contributed by atoms with van der Waals surface area (Å²) in [6.45, 7) is 6.23. The highest BCUT2D eigenvalue weighted by Gasteiger charge is 2.23. The number of hydrogen-bond donors (Lipinski definition) is 3. The second kappa shape index (κ2) is 4.81. The van der Waals surface area contributed by atoms with Crippen molar-refractivity contribution in [2.75, 3.05) is 26.7 Å². The molecule has 0 aromatic carbocycles. The van der Waals surface area contributed by atoms with Crippen LogP contribution >= 0.6 is 0 Å². The van der Waals surface area contributed by atoms with Crippen molar-refractivity contribution in [2.45, 2.75) is 31.8 Å². The van der Waals surface area contributed by atoms with Crippen LogP contribution in [0, 0.1) is 0 Å². The highest BCUT2D eigenvalue weighted by molar-refractivity contribution is 5.75. The van der Waals surface area contributed by atoms with Crippen LogP contribution in [0.4, 0.5) is 4.79 Å². The molecule has 0 bridgehead atoms. The lowest BCUT2D eigenvalue weighted by atomic mass is 10.1. The fourth-order valence-electron chi connectivity index (χ4n) is 1.63. The molecule has 88 valence electrons. The lowest BCUT2D eigenvalue weighted by Gasteiger charge is -2.25. The minimum Gasteiger partial charge on any atom is -0.334 e. The van der Waals surface area contributed by atoms with Crippen LogP contribution in [-0.2, 0) is 0 Å². The van der Waals surface area contributed by atoms with Crippen LogP contribution in [-0.4, -0.2) is 49.2 Å². The quantitative estimate of drug-likeness (QED) is 0.605. The van der Waals surface area contributed by atoms with E-state index in [1.807, 2.05) is 13.8 Å². The Kier molecular flexibility index (Phi) is 3.93. The minimum atomic E-state index is -0.339. The van der Waals surface area contributed by atoms with Crippen molar-refractivity contribution in [1.29, 1.82) is 0 Å². The number of amides is 2. The predicted octanol–water partition coefficient (Wildman–Crippen LogP) is -0.273. The number of carbonyl (C=O) groups excluding carboxylic acids is 1. The number of likely N-dealkylation sites (N-methyl/N-ethyl adjacent to an activating group) is 1. The van der Waals surface area contributed by atoms with Crippen LogP contribution in [0.25, 0.3) is 0 Å². The lowest BCUT2D eigenvalue weighted by Crippen LogP contribution is -2.54. The maximum absolute atomic E-state index is 11.6. The van der Waals surface area contributed by atoms with E-state index < -0.39 is 0 Å². The Morgan fingerprint density at radius 1 is 1.60 bits per heavy atom. The number of rotatable bonds is 3. The first-order valence-corrected chi connectivity index (χ1v) is 5.40. The van der Waals surface area contributed by atoms with Crippen LogP contribution in [0.15, 0.2) is 0 Å². The average molecular weight is 214 g/mol. The molecule has 1 aliphatic heterocycles. The summed E-state index contributed by atoms with van der Waals surface area (Å²) < 4.78 is 0. The zero-order valence-corrected chi connectivity index (χ0v) is 9.84. The number of nitrogens with two attached hydrogens (primary N) is 1. The molecule has 0 aromatic rings. The van der Waals surface area contributed by atoms with Crippen molar-refractivity contribution in [1.82, 2.24) is 15.5 Å². The first kappa shape index (κ1) is 12.3. The van der Waals surface area contributed by atoms with Crippen LogP contribution < -0.4 is 16.4 Å². The van der Waals surface area contributed by atoms with Gasteiger partial charge < -0.3 is 21.3 Å². The summed E-state index contributed by atoms with van der Waals surface area (Å²) in [5.74, 6) is 0. The zero-order valence-electron chi connectivity index (χ0n) is 9.84. The van der Waals surface area contributed by atoms with Crippen LogP contribution in [0.5, 0.6) is 0 Å². The van der Waals surface area contributed by atoms with Crippen molar-refractivity contribution >= 4 is 6.03 Å². The summed E-state index contributed by atoms with van der Waals surface area (Å²) in [7, 11) is 2.06. The van der Waals surface area contributed by atoms with Crippen LogP contribution in [0.1, 0.15) is 20.3 Å². The molecular weight excluding hydrogens is 192 g/mol. The van der Waals surface area contributed by atoms with Gasteiger partial charge in [0.2, 0.25) is 0 Å². The van der Waals surface area contributed by atoms with Crippen LogP contribution in [0.3, 0.4) is 0 Å². The molecule has 1 unspecified atom stereocenters. The number of hydrogen-bond acceptors (Lipinski definition) is 3. The van der Waals surface area contributed by atoms with Crippen molar-refractivity contribution in [2.24, 2.45) is 5.73 Å². The predicted molar refractivity (Wildman–Crippen MR) is 60.7 cm³/mol. The fraction of sp³-hybridized carbons (Fsp3) is 0.900. The standard InChI is InChI=1S/C10H22N4O/c1-10(2,7-11)13-9(15)12-8-4-5-14(3)6-8/h8H,4-7,11H2,1-3H3,(H2,12,13,15). The van der Waals surface area contributed by atoms with Gasteiger partial charge in [0.15, 0.2) is 0 Å². The summed E-state index contributed by atoms with van der Waals surface area (Å²) in [5, 5.41) is 5.81. The number of nitrogens with zero attached hydrogens (tertiary/aromatic N) is 1. The minimum absolute atomic E-state index is 0.120. The smallest absolute Gasteiger partial charge is 0.315 e. The Labute approximate surface area is 91.4 Å². The molecule has 1 rings (SSSR count). The molecule has 1 atom stereocenters. The molecule has 5 nitrogen and oxygen atoms in total. The monoisotopic (exact) mass is 214 g/mol. The molecule has 2 amide bonds. The molecule has 0 aromatic heterocycles. The zero-order chi connectivity index (χ0) is 11.5. The van der Waals surface area contributed by atoms with Crippen molar-refractivity contribution in [3.63, 3.8) is 0 Å². The third kappa shape index (κ3) is 4.05. The molecule has 0 spiro atoms. The van der Waals surface area contributed by atoms with Gasteiger partial charge in [-0.15, -0.1) is 0 Å². The van der Waals surface area contributed by atoms with Crippen molar-refractivity contribution < 1.29 is 4.79 Å². The first-order chi connectivity index (χ1) is 6.93. The Morgan fingerprint density at radius 3 is 2.73 bits per heavy atom. The number of carbonyl (C=O) groups is 1. The molecule has 0 saturated carbocycles. The van der Waals surface area contributed by atoms with Gasteiger partial charge >= 0.3 is 6.03 Å². The normalized spacial score (nSPS) is 22.8. The van der Waals surface area contributed by atoms with Crippen LogP contribution in [0.2, 0.25) is 0 Å². The van der Waals surface area contributed by atoms with Crippen molar-refractivity contribution in [3.8, 4) is 0 Å².